The first kappa shape index (κ1) is 12.4. The number of nitrogens with zero attached hydrogens (tertiary/aromatic N) is 1. The first-order valence-electron chi connectivity index (χ1n) is 6.15. The molecular weight excluding hydrogens is 224 g/mol. The van der Waals surface area contributed by atoms with Gasteiger partial charge in [0.05, 0.1) is 6.42 Å². The van der Waals surface area contributed by atoms with Gasteiger partial charge in [0.25, 0.3) is 0 Å². The Morgan fingerprint density at radius 2 is 1.94 bits per heavy atom. The average molecular weight is 242 g/mol. The van der Waals surface area contributed by atoms with Crippen molar-refractivity contribution in [2.75, 3.05) is 6.54 Å². The summed E-state index contributed by atoms with van der Waals surface area (Å²) in [5.41, 5.74) is 2.30. The van der Waals surface area contributed by atoms with Crippen LogP contribution in [0, 0.1) is 0 Å². The molecular formula is C15H18N2O. The minimum absolute atomic E-state index is 0.0807. The van der Waals surface area contributed by atoms with Gasteiger partial charge in [-0.1, -0.05) is 30.3 Å². The van der Waals surface area contributed by atoms with E-state index in [1.165, 1.54) is 5.56 Å². The number of aryl methyl sites for hydroxylation is 1. The predicted octanol–water partition coefficient (Wildman–Crippen LogP) is 1.93. The average Bonchev–Trinajstić information content (AvgIpc) is 2.76. The van der Waals surface area contributed by atoms with Crippen LogP contribution in [-0.2, 0) is 24.7 Å². The van der Waals surface area contributed by atoms with Crippen LogP contribution in [0.2, 0.25) is 0 Å². The molecule has 0 aliphatic rings. The second-order valence-electron chi connectivity index (χ2n) is 4.45. The molecule has 1 aromatic carbocycles. The zero-order valence-electron chi connectivity index (χ0n) is 10.6. The fourth-order valence-electron chi connectivity index (χ4n) is 1.90. The Hall–Kier alpha value is -2.03. The summed E-state index contributed by atoms with van der Waals surface area (Å²) < 4.78 is 1.95. The Kier molecular flexibility index (Phi) is 4.18. The summed E-state index contributed by atoms with van der Waals surface area (Å²) in [6.45, 7) is 0.690. The number of rotatable bonds is 5. The topological polar surface area (TPSA) is 34.0 Å². The quantitative estimate of drug-likeness (QED) is 0.854. The van der Waals surface area contributed by atoms with Crippen LogP contribution in [0.5, 0.6) is 0 Å². The molecule has 0 fully saturated rings. The van der Waals surface area contributed by atoms with Crippen molar-refractivity contribution in [1.82, 2.24) is 9.88 Å². The number of carbonyl (C=O) groups excluding carboxylic acids is 1. The van der Waals surface area contributed by atoms with E-state index in [0.717, 1.165) is 12.0 Å². The smallest absolute Gasteiger partial charge is 0.224 e. The highest BCUT2D eigenvalue weighted by atomic mass is 16.1. The Labute approximate surface area is 107 Å². The Balaban J connectivity index is 1.72. The van der Waals surface area contributed by atoms with E-state index < -0.39 is 0 Å². The maximum absolute atomic E-state index is 11.7. The fourth-order valence-corrected chi connectivity index (χ4v) is 1.90. The SMILES string of the molecule is Cn1ccc(CC(=O)NCCc2ccccc2)c1. The molecule has 0 spiro atoms. The van der Waals surface area contributed by atoms with Crippen molar-refractivity contribution >= 4 is 5.91 Å². The Bertz CT molecular complexity index is 502. The third-order valence-electron chi connectivity index (χ3n) is 2.84. The molecule has 2 rings (SSSR count). The molecule has 1 amide bonds. The van der Waals surface area contributed by atoms with Crippen molar-refractivity contribution in [1.29, 1.82) is 0 Å². The molecule has 0 aliphatic carbocycles. The summed E-state index contributed by atoms with van der Waals surface area (Å²) in [5, 5.41) is 2.94. The van der Waals surface area contributed by atoms with Crippen molar-refractivity contribution in [2.24, 2.45) is 7.05 Å². The summed E-state index contributed by atoms with van der Waals surface area (Å²) in [7, 11) is 1.96. The Morgan fingerprint density at radius 1 is 1.17 bits per heavy atom. The maximum atomic E-state index is 11.7. The lowest BCUT2D eigenvalue weighted by Gasteiger charge is -2.04. The monoisotopic (exact) mass is 242 g/mol. The van der Waals surface area contributed by atoms with Crippen LogP contribution in [-0.4, -0.2) is 17.0 Å². The van der Waals surface area contributed by atoms with Crippen LogP contribution in [0.1, 0.15) is 11.1 Å². The molecule has 0 atom stereocenters. The van der Waals surface area contributed by atoms with Crippen molar-refractivity contribution in [3.8, 4) is 0 Å². The van der Waals surface area contributed by atoms with E-state index in [2.05, 4.69) is 17.4 Å². The van der Waals surface area contributed by atoms with E-state index in [1.807, 2.05) is 48.3 Å². The first-order chi connectivity index (χ1) is 8.74. The number of aromatic nitrogens is 1. The third kappa shape index (κ3) is 3.77. The minimum Gasteiger partial charge on any atom is -0.357 e. The van der Waals surface area contributed by atoms with E-state index in [9.17, 15) is 4.79 Å². The molecule has 2 aromatic rings. The molecule has 0 radical (unpaired) electrons. The van der Waals surface area contributed by atoms with Crippen molar-refractivity contribution < 1.29 is 4.79 Å². The summed E-state index contributed by atoms with van der Waals surface area (Å²) in [5.74, 6) is 0.0807. The highest BCUT2D eigenvalue weighted by Crippen LogP contribution is 2.01. The van der Waals surface area contributed by atoms with Gasteiger partial charge in [-0.15, -0.1) is 0 Å². The van der Waals surface area contributed by atoms with E-state index in [-0.39, 0.29) is 5.91 Å². The summed E-state index contributed by atoms with van der Waals surface area (Å²) in [6, 6.07) is 12.1. The van der Waals surface area contributed by atoms with Crippen LogP contribution in [0.25, 0.3) is 0 Å². The molecule has 3 nitrogen and oxygen atoms in total. The largest absolute Gasteiger partial charge is 0.357 e. The lowest BCUT2D eigenvalue weighted by Crippen LogP contribution is -2.27. The molecule has 0 aliphatic heterocycles. The van der Waals surface area contributed by atoms with Gasteiger partial charge in [0.15, 0.2) is 0 Å². The molecule has 94 valence electrons. The van der Waals surface area contributed by atoms with Gasteiger partial charge in [0, 0.05) is 26.0 Å². The van der Waals surface area contributed by atoms with Crippen LogP contribution >= 0.6 is 0 Å². The highest BCUT2D eigenvalue weighted by molar-refractivity contribution is 5.78. The fraction of sp³-hybridized carbons (Fsp3) is 0.267. The van der Waals surface area contributed by atoms with Gasteiger partial charge in [-0.3, -0.25) is 4.79 Å². The van der Waals surface area contributed by atoms with Crippen LogP contribution in [0.4, 0.5) is 0 Å². The minimum atomic E-state index is 0.0807. The number of hydrogen-bond acceptors (Lipinski definition) is 1. The van der Waals surface area contributed by atoms with Gasteiger partial charge in [0.1, 0.15) is 0 Å². The van der Waals surface area contributed by atoms with Gasteiger partial charge >= 0.3 is 0 Å². The predicted molar refractivity (Wildman–Crippen MR) is 72.3 cm³/mol. The molecule has 1 aromatic heterocycles. The highest BCUT2D eigenvalue weighted by Gasteiger charge is 2.03. The van der Waals surface area contributed by atoms with E-state index in [1.54, 1.807) is 0 Å². The van der Waals surface area contributed by atoms with Crippen molar-refractivity contribution in [3.63, 3.8) is 0 Å². The van der Waals surface area contributed by atoms with Crippen LogP contribution in [0.15, 0.2) is 48.8 Å². The molecule has 1 heterocycles. The maximum Gasteiger partial charge on any atom is 0.224 e. The standard InChI is InChI=1S/C15H18N2O/c1-17-10-8-14(12-17)11-15(18)16-9-7-13-5-3-2-4-6-13/h2-6,8,10,12H,7,9,11H2,1H3,(H,16,18). The molecule has 0 unspecified atom stereocenters. The van der Waals surface area contributed by atoms with Gasteiger partial charge in [-0.25, -0.2) is 0 Å². The van der Waals surface area contributed by atoms with Gasteiger partial charge in [0.2, 0.25) is 5.91 Å². The van der Waals surface area contributed by atoms with Crippen molar-refractivity contribution in [2.45, 2.75) is 12.8 Å². The lowest BCUT2D eigenvalue weighted by molar-refractivity contribution is -0.120. The first-order valence-corrected chi connectivity index (χ1v) is 6.15. The number of carbonyl (C=O) groups is 1. The van der Waals surface area contributed by atoms with Crippen molar-refractivity contribution in [3.05, 3.63) is 59.9 Å². The number of hydrogen-bond donors (Lipinski definition) is 1. The van der Waals surface area contributed by atoms with Gasteiger partial charge in [-0.05, 0) is 23.6 Å². The number of amides is 1. The molecule has 18 heavy (non-hydrogen) atoms. The van der Waals surface area contributed by atoms with E-state index >= 15 is 0 Å². The summed E-state index contributed by atoms with van der Waals surface area (Å²) in [4.78, 5) is 11.7. The Morgan fingerprint density at radius 3 is 2.61 bits per heavy atom. The van der Waals surface area contributed by atoms with E-state index in [0.29, 0.717) is 13.0 Å². The number of nitrogens with one attached hydrogen (secondary N) is 1. The lowest BCUT2D eigenvalue weighted by atomic mass is 10.1. The molecule has 3 heteroatoms. The van der Waals surface area contributed by atoms with Gasteiger partial charge < -0.3 is 9.88 Å². The number of benzene rings is 1. The molecule has 0 saturated heterocycles. The van der Waals surface area contributed by atoms with E-state index in [4.69, 9.17) is 0 Å². The summed E-state index contributed by atoms with van der Waals surface area (Å²) >= 11 is 0. The molecule has 0 bridgehead atoms. The zero-order valence-corrected chi connectivity index (χ0v) is 10.6. The molecule has 1 N–H and O–H groups in total. The van der Waals surface area contributed by atoms with Gasteiger partial charge in [-0.2, -0.15) is 0 Å². The normalized spacial score (nSPS) is 10.3. The zero-order chi connectivity index (χ0) is 12.8. The van der Waals surface area contributed by atoms with Crippen LogP contribution < -0.4 is 5.32 Å². The second-order valence-corrected chi connectivity index (χ2v) is 4.45. The molecule has 0 saturated carbocycles. The second kappa shape index (κ2) is 6.05. The van der Waals surface area contributed by atoms with Crippen LogP contribution in [0.3, 0.4) is 0 Å². The third-order valence-corrected chi connectivity index (χ3v) is 2.84. The summed E-state index contributed by atoms with van der Waals surface area (Å²) in [6.07, 6.45) is 5.25.